The summed E-state index contributed by atoms with van der Waals surface area (Å²) in [6.45, 7) is 2.01. The van der Waals surface area contributed by atoms with Crippen molar-refractivity contribution in [2.75, 3.05) is 0 Å². The molecule has 0 aromatic heterocycles. The van der Waals surface area contributed by atoms with Crippen LogP contribution in [0.2, 0.25) is 0 Å². The van der Waals surface area contributed by atoms with Crippen LogP contribution < -0.4 is 4.74 Å². The summed E-state index contributed by atoms with van der Waals surface area (Å²) in [5, 5.41) is 18.0. The highest BCUT2D eigenvalue weighted by molar-refractivity contribution is 5.88. The van der Waals surface area contributed by atoms with E-state index < -0.39 is 5.97 Å². The first kappa shape index (κ1) is 13.6. The average molecular weight is 267 g/mol. The summed E-state index contributed by atoms with van der Waals surface area (Å²) in [5.41, 5.74) is 1.30. The third kappa shape index (κ3) is 2.78. The van der Waals surface area contributed by atoms with Crippen LogP contribution in [0.4, 0.5) is 0 Å². The van der Waals surface area contributed by atoms with Crippen LogP contribution in [0.3, 0.4) is 0 Å². The van der Waals surface area contributed by atoms with Gasteiger partial charge in [-0.3, -0.25) is 0 Å². The van der Waals surface area contributed by atoms with Gasteiger partial charge < -0.3 is 9.84 Å². The second kappa shape index (κ2) is 5.89. The Hall–Kier alpha value is -2.80. The lowest BCUT2D eigenvalue weighted by Gasteiger charge is -2.11. The van der Waals surface area contributed by atoms with Crippen molar-refractivity contribution < 1.29 is 14.6 Å². The zero-order valence-electron chi connectivity index (χ0n) is 11.0. The second-order valence-electron chi connectivity index (χ2n) is 4.19. The number of para-hydroxylation sites is 1. The number of carboxylic acids is 1. The van der Waals surface area contributed by atoms with Crippen molar-refractivity contribution in [1.82, 2.24) is 0 Å². The molecule has 0 fully saturated rings. The number of benzene rings is 2. The topological polar surface area (TPSA) is 70.3 Å². The van der Waals surface area contributed by atoms with Gasteiger partial charge in [0.05, 0.1) is 11.1 Å². The number of carbonyl (C=O) groups is 1. The van der Waals surface area contributed by atoms with Gasteiger partial charge in [0.1, 0.15) is 17.6 Å². The van der Waals surface area contributed by atoms with E-state index in [1.54, 1.807) is 0 Å². The predicted molar refractivity (Wildman–Crippen MR) is 74.0 cm³/mol. The Bertz CT molecular complexity index is 686. The molecule has 0 heterocycles. The first-order valence-corrected chi connectivity index (χ1v) is 6.19. The molecule has 0 saturated heterocycles. The van der Waals surface area contributed by atoms with Crippen molar-refractivity contribution >= 4 is 5.97 Å². The van der Waals surface area contributed by atoms with Crippen molar-refractivity contribution in [3.8, 4) is 17.6 Å². The van der Waals surface area contributed by atoms with E-state index in [2.05, 4.69) is 0 Å². The van der Waals surface area contributed by atoms with Crippen LogP contribution in [0.25, 0.3) is 0 Å². The molecule has 4 heteroatoms. The molecule has 0 bridgehead atoms. The summed E-state index contributed by atoms with van der Waals surface area (Å²) >= 11 is 0. The molecule has 0 unspecified atom stereocenters. The first-order chi connectivity index (χ1) is 9.65. The summed E-state index contributed by atoms with van der Waals surface area (Å²) in [6.07, 6.45) is 0.811. The SMILES string of the molecule is CCc1ccccc1Oc1ccc(C(=O)O)cc1C#N. The number of ether oxygens (including phenoxy) is 1. The molecule has 100 valence electrons. The molecule has 0 aliphatic heterocycles. The lowest BCUT2D eigenvalue weighted by molar-refractivity contribution is 0.0697. The van der Waals surface area contributed by atoms with Crippen LogP contribution in [-0.2, 0) is 6.42 Å². The fourth-order valence-corrected chi connectivity index (χ4v) is 1.85. The Kier molecular flexibility index (Phi) is 4.02. The highest BCUT2D eigenvalue weighted by Crippen LogP contribution is 2.28. The second-order valence-corrected chi connectivity index (χ2v) is 4.19. The predicted octanol–water partition coefficient (Wildman–Crippen LogP) is 3.61. The van der Waals surface area contributed by atoms with Gasteiger partial charge in [-0.05, 0) is 36.2 Å². The van der Waals surface area contributed by atoms with Crippen molar-refractivity contribution in [2.45, 2.75) is 13.3 Å². The van der Waals surface area contributed by atoms with Crippen molar-refractivity contribution in [2.24, 2.45) is 0 Å². The molecule has 0 radical (unpaired) electrons. The Morgan fingerprint density at radius 1 is 1.25 bits per heavy atom. The zero-order valence-corrected chi connectivity index (χ0v) is 11.0. The van der Waals surface area contributed by atoms with Gasteiger partial charge in [0.25, 0.3) is 0 Å². The lowest BCUT2D eigenvalue weighted by atomic mass is 10.1. The molecule has 2 aromatic rings. The summed E-state index contributed by atoms with van der Waals surface area (Å²) in [4.78, 5) is 10.9. The Morgan fingerprint density at radius 3 is 2.65 bits per heavy atom. The number of carboxylic acid groups (broad SMARTS) is 1. The Morgan fingerprint density at radius 2 is 2.00 bits per heavy atom. The molecule has 2 rings (SSSR count). The molecule has 4 nitrogen and oxygen atoms in total. The van der Waals surface area contributed by atoms with E-state index in [-0.39, 0.29) is 11.1 Å². The Labute approximate surface area is 116 Å². The molecule has 20 heavy (non-hydrogen) atoms. The molecular formula is C16H13NO3. The molecular weight excluding hydrogens is 254 g/mol. The van der Waals surface area contributed by atoms with Crippen LogP contribution in [0.5, 0.6) is 11.5 Å². The van der Waals surface area contributed by atoms with Gasteiger partial charge in [-0.25, -0.2) is 4.79 Å². The number of rotatable bonds is 4. The summed E-state index contributed by atoms with van der Waals surface area (Å²) < 4.78 is 5.74. The van der Waals surface area contributed by atoms with Gasteiger partial charge in [-0.2, -0.15) is 5.26 Å². The van der Waals surface area contributed by atoms with Crippen molar-refractivity contribution in [3.05, 3.63) is 59.2 Å². The molecule has 0 amide bonds. The minimum absolute atomic E-state index is 0.0673. The number of hydrogen-bond acceptors (Lipinski definition) is 3. The number of hydrogen-bond donors (Lipinski definition) is 1. The van der Waals surface area contributed by atoms with Gasteiger partial charge in [0, 0.05) is 0 Å². The maximum atomic E-state index is 10.9. The molecule has 0 spiro atoms. The number of nitriles is 1. The number of aryl methyl sites for hydroxylation is 1. The molecule has 0 aliphatic carbocycles. The van der Waals surface area contributed by atoms with Gasteiger partial charge in [0.15, 0.2) is 0 Å². The van der Waals surface area contributed by atoms with Crippen LogP contribution in [0.15, 0.2) is 42.5 Å². The van der Waals surface area contributed by atoms with E-state index in [4.69, 9.17) is 15.1 Å². The van der Waals surface area contributed by atoms with Crippen LogP contribution in [-0.4, -0.2) is 11.1 Å². The number of aromatic carboxylic acids is 1. The van der Waals surface area contributed by atoms with Gasteiger partial charge in [-0.1, -0.05) is 25.1 Å². The smallest absolute Gasteiger partial charge is 0.335 e. The molecule has 0 aliphatic rings. The first-order valence-electron chi connectivity index (χ1n) is 6.19. The largest absolute Gasteiger partial charge is 0.478 e. The minimum Gasteiger partial charge on any atom is -0.478 e. The van der Waals surface area contributed by atoms with Crippen LogP contribution in [0.1, 0.15) is 28.4 Å². The van der Waals surface area contributed by atoms with Crippen LogP contribution >= 0.6 is 0 Å². The van der Waals surface area contributed by atoms with E-state index in [1.807, 2.05) is 37.3 Å². The fourth-order valence-electron chi connectivity index (χ4n) is 1.85. The van der Waals surface area contributed by atoms with E-state index in [9.17, 15) is 4.79 Å². The van der Waals surface area contributed by atoms with Gasteiger partial charge >= 0.3 is 5.97 Å². The van der Waals surface area contributed by atoms with Crippen molar-refractivity contribution in [1.29, 1.82) is 5.26 Å². The molecule has 0 atom stereocenters. The van der Waals surface area contributed by atoms with Crippen molar-refractivity contribution in [3.63, 3.8) is 0 Å². The van der Waals surface area contributed by atoms with Gasteiger partial charge in [-0.15, -0.1) is 0 Å². The fraction of sp³-hybridized carbons (Fsp3) is 0.125. The van der Waals surface area contributed by atoms with Crippen LogP contribution in [0, 0.1) is 11.3 Å². The number of nitrogens with zero attached hydrogens (tertiary/aromatic N) is 1. The molecule has 1 N–H and O–H groups in total. The standard InChI is InChI=1S/C16H13NO3/c1-2-11-5-3-4-6-14(11)20-15-8-7-12(16(18)19)9-13(15)10-17/h3-9H,2H2,1H3,(H,18,19). The normalized spacial score (nSPS) is 9.80. The quantitative estimate of drug-likeness (QED) is 0.918. The summed E-state index contributed by atoms with van der Waals surface area (Å²) in [6, 6.07) is 13.8. The summed E-state index contributed by atoms with van der Waals surface area (Å²) in [7, 11) is 0. The third-order valence-corrected chi connectivity index (χ3v) is 2.92. The third-order valence-electron chi connectivity index (χ3n) is 2.92. The van der Waals surface area contributed by atoms with Gasteiger partial charge in [0.2, 0.25) is 0 Å². The highest BCUT2D eigenvalue weighted by Gasteiger charge is 2.11. The summed E-state index contributed by atoms with van der Waals surface area (Å²) in [5.74, 6) is -0.0324. The van der Waals surface area contributed by atoms with E-state index in [0.29, 0.717) is 11.5 Å². The maximum Gasteiger partial charge on any atom is 0.335 e. The van der Waals surface area contributed by atoms with E-state index in [0.717, 1.165) is 12.0 Å². The van der Waals surface area contributed by atoms with E-state index >= 15 is 0 Å². The Balaban J connectivity index is 2.39. The molecule has 0 saturated carbocycles. The van der Waals surface area contributed by atoms with E-state index in [1.165, 1.54) is 18.2 Å². The highest BCUT2D eigenvalue weighted by atomic mass is 16.5. The molecule has 2 aromatic carbocycles. The maximum absolute atomic E-state index is 10.9. The lowest BCUT2D eigenvalue weighted by Crippen LogP contribution is -1.98. The zero-order chi connectivity index (χ0) is 14.5. The monoisotopic (exact) mass is 267 g/mol. The minimum atomic E-state index is -1.07. The average Bonchev–Trinajstić information content (AvgIpc) is 2.48.